The minimum Gasteiger partial charge on any atom is -0.462 e. The number of phosphoric acid groups is 1. The fourth-order valence-electron chi connectivity index (χ4n) is 5.71. The molecule has 0 aliphatic heterocycles. The molecule has 0 radical (unpaired) electrons. The van der Waals surface area contributed by atoms with Gasteiger partial charge in [0.1, 0.15) is 12.7 Å². The second-order valence-corrected chi connectivity index (χ2v) is 15.8. The van der Waals surface area contributed by atoms with Gasteiger partial charge in [0.15, 0.2) is 6.10 Å². The van der Waals surface area contributed by atoms with Crippen LogP contribution >= 0.6 is 7.82 Å². The molecule has 316 valence electrons. The molecule has 0 aliphatic rings. The second kappa shape index (κ2) is 39.4. The second-order valence-electron chi connectivity index (χ2n) is 14.4. The number of phosphoric ester groups is 1. The number of carbonyl (C=O) groups excluding carboxylic acids is 2. The van der Waals surface area contributed by atoms with Crippen LogP contribution in [0.2, 0.25) is 0 Å². The standard InChI is InChI=1S/C43H79O10P/c1-3-5-7-9-11-13-15-17-19-21-23-25-27-29-31-33-35-43(47)53-41(39-52-54(48,49)51-37-40(45)36-44)38-50-42(46)34-32-30-28-26-24-22-20-18-16-14-12-10-8-6-4-2/h12,14,18,20,24,26,40-41,44-45H,3-11,13,15-17,19,21-23,25,27-39H2,1-2H3,(H,48,49)/b14-12+,20-18+,26-24+/t40-,41+/m0/s1. The molecule has 0 amide bonds. The van der Waals surface area contributed by atoms with Crippen LogP contribution < -0.4 is 0 Å². The van der Waals surface area contributed by atoms with Crippen LogP contribution in [0.5, 0.6) is 0 Å². The molecule has 0 spiro atoms. The number of unbranched alkanes of at least 4 members (excludes halogenated alkanes) is 20. The van der Waals surface area contributed by atoms with Gasteiger partial charge in [0, 0.05) is 12.8 Å². The summed E-state index contributed by atoms with van der Waals surface area (Å²) in [4.78, 5) is 34.9. The summed E-state index contributed by atoms with van der Waals surface area (Å²) >= 11 is 0. The van der Waals surface area contributed by atoms with Crippen LogP contribution in [-0.2, 0) is 32.7 Å². The molecule has 11 heteroatoms. The van der Waals surface area contributed by atoms with Gasteiger partial charge in [-0.25, -0.2) is 4.57 Å². The monoisotopic (exact) mass is 787 g/mol. The number of hydrogen-bond acceptors (Lipinski definition) is 9. The first-order valence-electron chi connectivity index (χ1n) is 21.4. The van der Waals surface area contributed by atoms with E-state index in [2.05, 4.69) is 54.8 Å². The van der Waals surface area contributed by atoms with E-state index >= 15 is 0 Å². The maximum atomic E-state index is 12.6. The van der Waals surface area contributed by atoms with Crippen molar-refractivity contribution in [1.82, 2.24) is 0 Å². The SMILES string of the molecule is CCCCC/C=C/C/C=C/C/C=C/CCCCC(=O)OC[C@H](COP(=O)(O)OC[C@@H](O)CO)OC(=O)CCCCCCCCCCCCCCCCCC. The van der Waals surface area contributed by atoms with Crippen LogP contribution in [0.25, 0.3) is 0 Å². The summed E-state index contributed by atoms with van der Waals surface area (Å²) in [7, 11) is -4.62. The average molecular weight is 787 g/mol. The van der Waals surface area contributed by atoms with Crippen molar-refractivity contribution in [2.75, 3.05) is 26.4 Å². The Labute approximate surface area is 329 Å². The largest absolute Gasteiger partial charge is 0.472 e. The molecule has 0 aromatic carbocycles. The zero-order valence-corrected chi connectivity index (χ0v) is 35.1. The van der Waals surface area contributed by atoms with E-state index in [0.717, 1.165) is 51.4 Å². The third kappa shape index (κ3) is 38.5. The van der Waals surface area contributed by atoms with E-state index in [1.807, 2.05) is 0 Å². The minimum atomic E-state index is -4.62. The lowest BCUT2D eigenvalue weighted by Gasteiger charge is -2.20. The van der Waals surface area contributed by atoms with Crippen LogP contribution in [0.3, 0.4) is 0 Å². The van der Waals surface area contributed by atoms with Crippen molar-refractivity contribution in [1.29, 1.82) is 0 Å². The van der Waals surface area contributed by atoms with Crippen molar-refractivity contribution in [2.24, 2.45) is 0 Å². The maximum Gasteiger partial charge on any atom is 0.472 e. The Kier molecular flexibility index (Phi) is 38.1. The van der Waals surface area contributed by atoms with Gasteiger partial charge in [-0.3, -0.25) is 18.6 Å². The molecule has 0 rings (SSSR count). The number of allylic oxidation sites excluding steroid dienone is 6. The summed E-state index contributed by atoms with van der Waals surface area (Å²) in [5.74, 6) is -0.965. The number of carbonyl (C=O) groups is 2. The van der Waals surface area contributed by atoms with E-state index in [9.17, 15) is 24.2 Å². The van der Waals surface area contributed by atoms with Gasteiger partial charge in [-0.1, -0.05) is 159 Å². The first-order valence-corrected chi connectivity index (χ1v) is 22.9. The van der Waals surface area contributed by atoms with Gasteiger partial charge in [0.25, 0.3) is 0 Å². The third-order valence-electron chi connectivity index (χ3n) is 9.05. The Morgan fingerprint density at radius 2 is 0.963 bits per heavy atom. The Morgan fingerprint density at radius 3 is 1.48 bits per heavy atom. The lowest BCUT2D eigenvalue weighted by Crippen LogP contribution is -2.29. The van der Waals surface area contributed by atoms with E-state index in [0.29, 0.717) is 12.8 Å². The quantitative estimate of drug-likeness (QED) is 0.0237. The van der Waals surface area contributed by atoms with Gasteiger partial charge in [-0.2, -0.15) is 0 Å². The molecular formula is C43H79O10P. The van der Waals surface area contributed by atoms with E-state index in [4.69, 9.17) is 19.1 Å². The highest BCUT2D eigenvalue weighted by atomic mass is 31.2. The van der Waals surface area contributed by atoms with Gasteiger partial charge in [0.05, 0.1) is 19.8 Å². The van der Waals surface area contributed by atoms with Crippen LogP contribution in [-0.4, -0.2) is 65.7 Å². The highest BCUT2D eigenvalue weighted by Crippen LogP contribution is 2.43. The van der Waals surface area contributed by atoms with Crippen molar-refractivity contribution in [3.8, 4) is 0 Å². The van der Waals surface area contributed by atoms with Crippen LogP contribution in [0.4, 0.5) is 0 Å². The summed E-state index contributed by atoms with van der Waals surface area (Å²) < 4.78 is 32.7. The molecule has 10 nitrogen and oxygen atoms in total. The van der Waals surface area contributed by atoms with Gasteiger partial charge < -0.3 is 24.6 Å². The molecule has 0 bridgehead atoms. The molecule has 3 N–H and O–H groups in total. The van der Waals surface area contributed by atoms with E-state index in [1.54, 1.807) is 0 Å². The highest BCUT2D eigenvalue weighted by molar-refractivity contribution is 7.47. The number of aliphatic hydroxyl groups is 2. The number of aliphatic hydroxyl groups excluding tert-OH is 2. The van der Waals surface area contributed by atoms with Gasteiger partial charge in [-0.15, -0.1) is 0 Å². The predicted octanol–water partition coefficient (Wildman–Crippen LogP) is 11.2. The van der Waals surface area contributed by atoms with E-state index in [-0.39, 0.29) is 19.4 Å². The molecule has 1 unspecified atom stereocenters. The van der Waals surface area contributed by atoms with Crippen molar-refractivity contribution in [2.45, 2.75) is 199 Å². The highest BCUT2D eigenvalue weighted by Gasteiger charge is 2.27. The molecule has 0 aromatic heterocycles. The van der Waals surface area contributed by atoms with E-state index in [1.165, 1.54) is 96.3 Å². The van der Waals surface area contributed by atoms with Crippen molar-refractivity contribution < 1.29 is 47.8 Å². The third-order valence-corrected chi connectivity index (χ3v) is 10.00. The van der Waals surface area contributed by atoms with Gasteiger partial charge in [-0.05, 0) is 51.4 Å². The summed E-state index contributed by atoms with van der Waals surface area (Å²) in [6.45, 7) is 2.32. The Morgan fingerprint density at radius 1 is 0.556 bits per heavy atom. The van der Waals surface area contributed by atoms with Crippen molar-refractivity contribution >= 4 is 19.8 Å². The Bertz CT molecular complexity index is 999. The molecule has 54 heavy (non-hydrogen) atoms. The van der Waals surface area contributed by atoms with Crippen LogP contribution in [0.15, 0.2) is 36.5 Å². The lowest BCUT2D eigenvalue weighted by atomic mass is 10.0. The van der Waals surface area contributed by atoms with Crippen molar-refractivity contribution in [3.63, 3.8) is 0 Å². The van der Waals surface area contributed by atoms with Gasteiger partial charge in [0.2, 0.25) is 0 Å². The molecule has 0 fully saturated rings. The smallest absolute Gasteiger partial charge is 0.462 e. The Balaban J connectivity index is 4.35. The Hall–Kier alpha value is -1.81. The summed E-state index contributed by atoms with van der Waals surface area (Å²) in [5, 5.41) is 18.3. The van der Waals surface area contributed by atoms with Crippen LogP contribution in [0, 0.1) is 0 Å². The molecular weight excluding hydrogens is 707 g/mol. The minimum absolute atomic E-state index is 0.179. The molecule has 0 saturated heterocycles. The molecule has 3 atom stereocenters. The van der Waals surface area contributed by atoms with Gasteiger partial charge >= 0.3 is 19.8 Å². The number of ether oxygens (including phenoxy) is 2. The fraction of sp³-hybridized carbons (Fsp3) is 0.814. The topological polar surface area (TPSA) is 149 Å². The number of esters is 2. The average Bonchev–Trinajstić information content (AvgIpc) is 3.16. The zero-order chi connectivity index (χ0) is 39.8. The van der Waals surface area contributed by atoms with Crippen LogP contribution in [0.1, 0.15) is 187 Å². The predicted molar refractivity (Wildman–Crippen MR) is 219 cm³/mol. The first-order chi connectivity index (χ1) is 26.2. The fourth-order valence-corrected chi connectivity index (χ4v) is 6.50. The normalized spacial score (nSPS) is 14.2. The maximum absolute atomic E-state index is 12.6. The van der Waals surface area contributed by atoms with E-state index < -0.39 is 51.8 Å². The first kappa shape index (κ1) is 52.2. The number of rotatable bonds is 40. The summed E-state index contributed by atoms with van der Waals surface area (Å²) in [6.07, 6.45) is 39.7. The molecule has 0 aromatic rings. The molecule has 0 saturated carbocycles. The lowest BCUT2D eigenvalue weighted by molar-refractivity contribution is -0.161. The zero-order valence-electron chi connectivity index (χ0n) is 34.2. The molecule has 0 aliphatic carbocycles. The number of hydrogen-bond donors (Lipinski definition) is 3. The van der Waals surface area contributed by atoms with Crippen molar-refractivity contribution in [3.05, 3.63) is 36.5 Å². The summed E-state index contributed by atoms with van der Waals surface area (Å²) in [5.41, 5.74) is 0. The summed E-state index contributed by atoms with van der Waals surface area (Å²) in [6, 6.07) is 0. The molecule has 0 heterocycles.